The summed E-state index contributed by atoms with van der Waals surface area (Å²) < 4.78 is 0. The van der Waals surface area contributed by atoms with Gasteiger partial charge in [0.1, 0.15) is 0 Å². The Balaban J connectivity index is 1.32. The minimum atomic E-state index is 0.325. The maximum absolute atomic E-state index is 8.70. The van der Waals surface area contributed by atoms with E-state index in [1.165, 1.54) is 50.9 Å². The molecule has 2 fully saturated rings. The molecule has 2 aliphatic heterocycles. The van der Waals surface area contributed by atoms with Crippen LogP contribution >= 0.6 is 0 Å². The molecule has 2 aliphatic rings. The fourth-order valence-electron chi connectivity index (χ4n) is 5.28. The first-order chi connectivity index (χ1) is 17.0. The van der Waals surface area contributed by atoms with Gasteiger partial charge in [0.05, 0.1) is 28.8 Å². The van der Waals surface area contributed by atoms with Crippen LogP contribution in [0.4, 0.5) is 5.69 Å². The van der Waals surface area contributed by atoms with Crippen LogP contribution < -0.4 is 10.6 Å². The molecule has 3 aromatic rings. The van der Waals surface area contributed by atoms with Crippen LogP contribution in [0.2, 0.25) is 0 Å². The summed E-state index contributed by atoms with van der Waals surface area (Å²) in [6.45, 7) is 8.77. The van der Waals surface area contributed by atoms with E-state index in [0.29, 0.717) is 23.0 Å². The highest BCUT2D eigenvalue weighted by molar-refractivity contribution is 6.29. The number of rotatable bonds is 5. The van der Waals surface area contributed by atoms with Gasteiger partial charge >= 0.3 is 0 Å². The van der Waals surface area contributed by atoms with Gasteiger partial charge in [-0.1, -0.05) is 12.1 Å². The molecule has 35 heavy (non-hydrogen) atoms. The lowest BCUT2D eigenvalue weighted by Gasteiger charge is -2.42. The Kier molecular flexibility index (Phi) is 6.79. The van der Waals surface area contributed by atoms with Crippen molar-refractivity contribution >= 4 is 27.9 Å². The minimum Gasteiger partial charge on any atom is -0.404 e. The van der Waals surface area contributed by atoms with Gasteiger partial charge in [0.2, 0.25) is 0 Å². The molecule has 7 heteroatoms. The van der Waals surface area contributed by atoms with Crippen LogP contribution in [-0.4, -0.2) is 77.8 Å². The van der Waals surface area contributed by atoms with Crippen molar-refractivity contribution in [1.29, 1.82) is 5.41 Å². The summed E-state index contributed by atoms with van der Waals surface area (Å²) in [6, 6.07) is 14.7. The molecule has 0 radical (unpaired) electrons. The van der Waals surface area contributed by atoms with Gasteiger partial charge in [-0.25, -0.2) is 0 Å². The lowest BCUT2D eigenvalue weighted by molar-refractivity contribution is 0.0982. The third-order valence-electron chi connectivity index (χ3n) is 7.44. The summed E-state index contributed by atoms with van der Waals surface area (Å²) in [5, 5.41) is 9.77. The van der Waals surface area contributed by atoms with E-state index >= 15 is 0 Å². The molecule has 0 unspecified atom stereocenters. The molecule has 7 nitrogen and oxygen atoms in total. The monoisotopic (exact) mass is 469 g/mol. The average molecular weight is 470 g/mol. The van der Waals surface area contributed by atoms with Crippen molar-refractivity contribution < 1.29 is 0 Å². The van der Waals surface area contributed by atoms with E-state index in [1.807, 2.05) is 43.5 Å². The van der Waals surface area contributed by atoms with Gasteiger partial charge in [0.25, 0.3) is 0 Å². The number of nitrogens with zero attached hydrogens (tertiary/aromatic N) is 5. The second kappa shape index (κ2) is 10.1. The number of piperazine rings is 1. The maximum atomic E-state index is 8.70. The number of hydrogen-bond donors (Lipinski definition) is 2. The number of aryl methyl sites for hydroxylation is 1. The Morgan fingerprint density at radius 3 is 2.51 bits per heavy atom. The maximum Gasteiger partial charge on any atom is 0.0889 e. The normalized spacial score (nSPS) is 18.8. The lowest BCUT2D eigenvalue weighted by Crippen LogP contribution is -2.52. The Bertz CT molecular complexity index is 1240. The predicted molar refractivity (Wildman–Crippen MR) is 144 cm³/mol. The third kappa shape index (κ3) is 5.06. The molecular weight excluding hydrogens is 434 g/mol. The van der Waals surface area contributed by atoms with Crippen LogP contribution in [0.5, 0.6) is 0 Å². The third-order valence-corrected chi connectivity index (χ3v) is 7.44. The number of pyridine rings is 2. The van der Waals surface area contributed by atoms with Crippen LogP contribution in [-0.2, 0) is 0 Å². The number of hydrogen-bond acceptors (Lipinski definition) is 7. The number of allylic oxidation sites excluding steroid dienone is 1. The number of aromatic nitrogens is 2. The van der Waals surface area contributed by atoms with E-state index in [4.69, 9.17) is 16.1 Å². The van der Waals surface area contributed by atoms with E-state index in [9.17, 15) is 0 Å². The molecule has 2 aromatic heterocycles. The molecular formula is C28H35N7. The van der Waals surface area contributed by atoms with Crippen LogP contribution in [0.3, 0.4) is 0 Å². The summed E-state index contributed by atoms with van der Waals surface area (Å²) in [5.41, 5.74) is 11.5. The first-order valence-electron chi connectivity index (χ1n) is 12.5. The van der Waals surface area contributed by atoms with Crippen LogP contribution in [0, 0.1) is 12.3 Å². The molecule has 0 spiro atoms. The van der Waals surface area contributed by atoms with Crippen LogP contribution in [0.1, 0.15) is 29.8 Å². The molecule has 2 saturated heterocycles. The van der Waals surface area contributed by atoms with Crippen molar-refractivity contribution in [2.75, 3.05) is 51.2 Å². The van der Waals surface area contributed by atoms with Crippen molar-refractivity contribution in [3.63, 3.8) is 0 Å². The lowest BCUT2D eigenvalue weighted by atomic mass is 9.97. The van der Waals surface area contributed by atoms with Crippen LogP contribution in [0.15, 0.2) is 54.9 Å². The summed E-state index contributed by atoms with van der Waals surface area (Å²) >= 11 is 0. The fourth-order valence-corrected chi connectivity index (χ4v) is 5.28. The zero-order chi connectivity index (χ0) is 24.4. The first kappa shape index (κ1) is 23.5. The van der Waals surface area contributed by atoms with Crippen molar-refractivity contribution in [1.82, 2.24) is 19.8 Å². The largest absolute Gasteiger partial charge is 0.404 e. The molecule has 182 valence electrons. The predicted octanol–water partition coefficient (Wildman–Crippen LogP) is 3.52. The first-order valence-corrected chi connectivity index (χ1v) is 12.5. The molecule has 3 N–H and O–H groups in total. The molecule has 4 heterocycles. The fraction of sp³-hybridized carbons (Fsp3) is 0.393. The highest BCUT2D eigenvalue weighted by Gasteiger charge is 2.27. The molecule has 0 amide bonds. The highest BCUT2D eigenvalue weighted by Crippen LogP contribution is 2.28. The summed E-state index contributed by atoms with van der Waals surface area (Å²) in [4.78, 5) is 16.8. The van der Waals surface area contributed by atoms with Crippen molar-refractivity contribution in [2.24, 2.45) is 5.73 Å². The Morgan fingerprint density at radius 1 is 1.03 bits per heavy atom. The van der Waals surface area contributed by atoms with Gasteiger partial charge in [-0.05, 0) is 62.7 Å². The number of benzene rings is 1. The number of piperidine rings is 1. The van der Waals surface area contributed by atoms with Gasteiger partial charge < -0.3 is 15.5 Å². The van der Waals surface area contributed by atoms with Gasteiger partial charge in [-0.2, -0.15) is 0 Å². The number of fused-ring (bicyclic) bond motifs is 1. The van der Waals surface area contributed by atoms with Crippen molar-refractivity contribution in [2.45, 2.75) is 25.8 Å². The average Bonchev–Trinajstić information content (AvgIpc) is 2.89. The van der Waals surface area contributed by atoms with E-state index < -0.39 is 0 Å². The SMILES string of the molecule is Cc1cccc(C(=N)/C(=C\N)c2ccc3ncc(N4CCC(N5CCN(C)CC5)CC4)cc3c2)n1. The Hall–Kier alpha value is -3.29. The van der Waals surface area contributed by atoms with Gasteiger partial charge in [-0.3, -0.25) is 20.3 Å². The van der Waals surface area contributed by atoms with Crippen molar-refractivity contribution in [3.05, 3.63) is 71.8 Å². The van der Waals surface area contributed by atoms with E-state index in [2.05, 4.69) is 38.9 Å². The molecule has 0 atom stereocenters. The summed E-state index contributed by atoms with van der Waals surface area (Å²) in [5.74, 6) is 0. The summed E-state index contributed by atoms with van der Waals surface area (Å²) in [7, 11) is 2.22. The standard InChI is InChI=1S/C28H35N7/c1-20-4-3-5-27(32-20)28(30)25(18-29)21-6-7-26-22(16-21)17-24(19-31-26)34-10-8-23(9-11-34)35-14-12-33(2)13-15-35/h3-7,16-19,23,30H,8-15,29H2,1-2H3/b25-18-,30-28?. The molecule has 0 saturated carbocycles. The number of anilines is 1. The second-order valence-corrected chi connectivity index (χ2v) is 9.78. The van der Waals surface area contributed by atoms with E-state index in [1.54, 1.807) is 0 Å². The van der Waals surface area contributed by atoms with Gasteiger partial charge in [0.15, 0.2) is 0 Å². The van der Waals surface area contributed by atoms with Gasteiger partial charge in [0, 0.05) is 68.2 Å². The molecule has 1 aromatic carbocycles. The second-order valence-electron chi connectivity index (χ2n) is 9.78. The number of nitrogens with one attached hydrogen (secondary N) is 1. The van der Waals surface area contributed by atoms with Crippen molar-refractivity contribution in [3.8, 4) is 0 Å². The smallest absolute Gasteiger partial charge is 0.0889 e. The summed E-state index contributed by atoms with van der Waals surface area (Å²) in [6.07, 6.45) is 5.90. The van der Waals surface area contributed by atoms with E-state index in [0.717, 1.165) is 35.2 Å². The zero-order valence-corrected chi connectivity index (χ0v) is 20.7. The molecule has 5 rings (SSSR count). The molecule has 0 aliphatic carbocycles. The number of likely N-dealkylation sites (N-methyl/N-ethyl adjacent to an activating group) is 1. The zero-order valence-electron chi connectivity index (χ0n) is 20.7. The Morgan fingerprint density at radius 2 is 1.80 bits per heavy atom. The quantitative estimate of drug-likeness (QED) is 0.556. The topological polar surface area (TPSA) is 85.4 Å². The van der Waals surface area contributed by atoms with Crippen LogP contribution in [0.25, 0.3) is 16.5 Å². The van der Waals surface area contributed by atoms with Gasteiger partial charge in [-0.15, -0.1) is 0 Å². The minimum absolute atomic E-state index is 0.325. The number of nitrogens with two attached hydrogens (primary N) is 1. The molecule has 0 bridgehead atoms. The Labute approximate surface area is 207 Å². The highest BCUT2D eigenvalue weighted by atomic mass is 15.3. The van der Waals surface area contributed by atoms with E-state index in [-0.39, 0.29) is 0 Å².